The molecule has 162 valence electrons. The summed E-state index contributed by atoms with van der Waals surface area (Å²) >= 11 is 12.2. The van der Waals surface area contributed by atoms with Crippen LogP contribution in [0.25, 0.3) is 5.70 Å². The largest absolute Gasteiger partial charge is 0.354 e. The molecule has 0 aromatic heterocycles. The van der Waals surface area contributed by atoms with Crippen molar-refractivity contribution < 1.29 is 14.6 Å². The number of rotatable bonds is 8. The van der Waals surface area contributed by atoms with Gasteiger partial charge in [-0.2, -0.15) is 0 Å². The van der Waals surface area contributed by atoms with Crippen LogP contribution in [-0.2, 0) is 6.42 Å². The number of ketones is 1. The van der Waals surface area contributed by atoms with Crippen LogP contribution in [0, 0.1) is 20.2 Å². The van der Waals surface area contributed by atoms with Crippen molar-refractivity contribution in [1.82, 2.24) is 0 Å². The summed E-state index contributed by atoms with van der Waals surface area (Å²) in [6.07, 6.45) is -0.00618. The first-order valence-corrected chi connectivity index (χ1v) is 9.87. The molecule has 1 N–H and O–H groups in total. The van der Waals surface area contributed by atoms with Crippen LogP contribution >= 0.6 is 23.2 Å². The van der Waals surface area contributed by atoms with Gasteiger partial charge in [0.2, 0.25) is 0 Å². The average molecular weight is 472 g/mol. The third kappa shape index (κ3) is 5.29. The molecule has 3 aromatic rings. The van der Waals surface area contributed by atoms with Gasteiger partial charge in [-0.25, -0.2) is 0 Å². The third-order valence-corrected chi connectivity index (χ3v) is 5.27. The number of nitro benzene ring substituents is 2. The first-order valence-electron chi connectivity index (χ1n) is 9.12. The molecule has 0 fully saturated rings. The Morgan fingerprint density at radius 1 is 0.844 bits per heavy atom. The first-order chi connectivity index (χ1) is 15.2. The summed E-state index contributed by atoms with van der Waals surface area (Å²) in [7, 11) is 0. The van der Waals surface area contributed by atoms with Crippen molar-refractivity contribution in [2.45, 2.75) is 6.42 Å². The smallest absolute Gasteiger partial charge is 0.271 e. The molecule has 3 rings (SSSR count). The minimum Gasteiger partial charge on any atom is -0.354 e. The molecule has 0 atom stereocenters. The van der Waals surface area contributed by atoms with Crippen LogP contribution in [0.3, 0.4) is 0 Å². The molecule has 0 aliphatic carbocycles. The Morgan fingerprint density at radius 3 is 1.91 bits per heavy atom. The number of nitrogens with one attached hydrogen (secondary N) is 1. The van der Waals surface area contributed by atoms with Crippen LogP contribution in [0.4, 0.5) is 17.1 Å². The minimum atomic E-state index is -0.555. The first kappa shape index (κ1) is 22.9. The van der Waals surface area contributed by atoms with E-state index in [1.807, 2.05) is 0 Å². The minimum absolute atomic E-state index is 0.00618. The lowest BCUT2D eigenvalue weighted by Gasteiger charge is -2.12. The van der Waals surface area contributed by atoms with Crippen molar-refractivity contribution in [2.75, 3.05) is 5.32 Å². The van der Waals surface area contributed by atoms with E-state index in [1.54, 1.807) is 24.3 Å². The number of benzene rings is 3. The Labute approximate surface area is 192 Å². The molecule has 0 heterocycles. The van der Waals surface area contributed by atoms with E-state index in [0.29, 0.717) is 28.1 Å². The quantitative estimate of drug-likeness (QED) is 0.233. The van der Waals surface area contributed by atoms with Gasteiger partial charge in [-0.3, -0.25) is 25.0 Å². The van der Waals surface area contributed by atoms with E-state index in [9.17, 15) is 25.0 Å². The molecule has 8 nitrogen and oxygen atoms in total. The predicted molar refractivity (Wildman–Crippen MR) is 123 cm³/mol. The van der Waals surface area contributed by atoms with Gasteiger partial charge in [-0.05, 0) is 17.2 Å². The number of hydrogen-bond acceptors (Lipinski definition) is 6. The summed E-state index contributed by atoms with van der Waals surface area (Å²) in [4.78, 5) is 33.1. The Hall–Kier alpha value is -3.75. The highest BCUT2D eigenvalue weighted by molar-refractivity contribution is 6.33. The number of carbonyl (C=O) groups is 1. The summed E-state index contributed by atoms with van der Waals surface area (Å²) in [5.74, 6) is -0.204. The molecule has 3 aromatic carbocycles. The number of carbonyl (C=O) groups excluding carboxylic acids is 1. The van der Waals surface area contributed by atoms with Gasteiger partial charge in [0.15, 0.2) is 5.78 Å². The van der Waals surface area contributed by atoms with E-state index in [0.717, 1.165) is 0 Å². The topological polar surface area (TPSA) is 115 Å². The fourth-order valence-corrected chi connectivity index (χ4v) is 3.34. The van der Waals surface area contributed by atoms with Crippen molar-refractivity contribution in [3.8, 4) is 0 Å². The lowest BCUT2D eigenvalue weighted by atomic mass is 10.0. The zero-order valence-corrected chi connectivity index (χ0v) is 17.9. The SMILES string of the molecule is C=C(Nc1ccc([N+](=O)[O-])cc1Cl)c1ccc(C(=O)Cc2ccc([N+](=O)[O-])cc2Cl)cc1. The maximum Gasteiger partial charge on any atom is 0.271 e. The van der Waals surface area contributed by atoms with E-state index < -0.39 is 9.85 Å². The van der Waals surface area contributed by atoms with Crippen molar-refractivity contribution >= 4 is 51.7 Å². The Balaban J connectivity index is 1.69. The summed E-state index contributed by atoms with van der Waals surface area (Å²) in [6, 6.07) is 14.7. The van der Waals surface area contributed by atoms with Gasteiger partial charge in [0.05, 0.1) is 25.6 Å². The number of anilines is 1. The van der Waals surface area contributed by atoms with E-state index in [-0.39, 0.29) is 33.6 Å². The van der Waals surface area contributed by atoms with Crippen molar-refractivity contribution in [3.63, 3.8) is 0 Å². The normalized spacial score (nSPS) is 10.4. The lowest BCUT2D eigenvalue weighted by molar-refractivity contribution is -0.385. The molecule has 10 heteroatoms. The second kappa shape index (κ2) is 9.59. The molecule has 0 aliphatic rings. The molecule has 0 bridgehead atoms. The molecule has 0 aliphatic heterocycles. The van der Waals surface area contributed by atoms with Gasteiger partial charge in [0, 0.05) is 41.9 Å². The summed E-state index contributed by atoms with van der Waals surface area (Å²) in [5.41, 5.74) is 2.28. The molecular weight excluding hydrogens is 457 g/mol. The van der Waals surface area contributed by atoms with Gasteiger partial charge in [-0.1, -0.05) is 60.1 Å². The maximum absolute atomic E-state index is 12.6. The van der Waals surface area contributed by atoms with E-state index in [2.05, 4.69) is 11.9 Å². The van der Waals surface area contributed by atoms with Crippen molar-refractivity contribution in [3.05, 3.63) is 114 Å². The fraction of sp³-hybridized carbons (Fsp3) is 0.0455. The summed E-state index contributed by atoms with van der Waals surface area (Å²) in [5, 5.41) is 24.9. The summed E-state index contributed by atoms with van der Waals surface area (Å²) < 4.78 is 0. The maximum atomic E-state index is 12.6. The summed E-state index contributed by atoms with van der Waals surface area (Å²) in [6.45, 7) is 3.93. The number of halogens is 2. The number of Topliss-reactive ketones (excluding diaryl/α,β-unsaturated/α-hetero) is 1. The van der Waals surface area contributed by atoms with Crippen LogP contribution in [-0.4, -0.2) is 15.6 Å². The molecular formula is C22H15Cl2N3O5. The lowest BCUT2D eigenvalue weighted by Crippen LogP contribution is -2.05. The standard InChI is InChI=1S/C22H15Cl2N3O5/c1-13(25-21-9-8-18(27(31)32)12-20(21)24)14-2-4-15(5-3-14)22(28)10-16-6-7-17(26(29)30)11-19(16)23/h2-9,11-12,25H,1,10H2. The number of hydrogen-bond donors (Lipinski definition) is 1. The average Bonchev–Trinajstić information content (AvgIpc) is 2.76. The van der Waals surface area contributed by atoms with Crippen LogP contribution in [0.15, 0.2) is 67.2 Å². The molecule has 0 unspecified atom stereocenters. The third-order valence-electron chi connectivity index (χ3n) is 4.60. The Bertz CT molecular complexity index is 1150. The van der Waals surface area contributed by atoms with Gasteiger partial charge >= 0.3 is 0 Å². The second-order valence-electron chi connectivity index (χ2n) is 6.73. The molecule has 0 saturated heterocycles. The molecule has 32 heavy (non-hydrogen) atoms. The van der Waals surface area contributed by atoms with E-state index in [4.69, 9.17) is 23.2 Å². The number of nitro groups is 2. The monoisotopic (exact) mass is 471 g/mol. The highest BCUT2D eigenvalue weighted by atomic mass is 35.5. The highest BCUT2D eigenvalue weighted by Crippen LogP contribution is 2.29. The second-order valence-corrected chi connectivity index (χ2v) is 7.55. The highest BCUT2D eigenvalue weighted by Gasteiger charge is 2.14. The van der Waals surface area contributed by atoms with E-state index in [1.165, 1.54) is 36.4 Å². The van der Waals surface area contributed by atoms with Gasteiger partial charge in [-0.15, -0.1) is 0 Å². The van der Waals surface area contributed by atoms with Crippen molar-refractivity contribution in [2.24, 2.45) is 0 Å². The Morgan fingerprint density at radius 2 is 1.38 bits per heavy atom. The van der Waals surface area contributed by atoms with Gasteiger partial charge in [0.25, 0.3) is 11.4 Å². The van der Waals surface area contributed by atoms with Gasteiger partial charge < -0.3 is 5.32 Å². The van der Waals surface area contributed by atoms with Crippen LogP contribution in [0.5, 0.6) is 0 Å². The van der Waals surface area contributed by atoms with Crippen molar-refractivity contribution in [1.29, 1.82) is 0 Å². The number of nitrogens with zero attached hydrogens (tertiary/aromatic N) is 2. The fourth-order valence-electron chi connectivity index (χ4n) is 2.88. The zero-order chi connectivity index (χ0) is 23.4. The number of non-ortho nitro benzene ring substituents is 2. The molecule has 0 spiro atoms. The van der Waals surface area contributed by atoms with Crippen LogP contribution < -0.4 is 5.32 Å². The molecule has 0 amide bonds. The molecule has 0 saturated carbocycles. The Kier molecular flexibility index (Phi) is 6.87. The van der Waals surface area contributed by atoms with Crippen LogP contribution in [0.2, 0.25) is 10.0 Å². The zero-order valence-electron chi connectivity index (χ0n) is 16.4. The van der Waals surface area contributed by atoms with Crippen LogP contribution in [0.1, 0.15) is 21.5 Å². The van der Waals surface area contributed by atoms with Gasteiger partial charge in [0.1, 0.15) is 0 Å². The van der Waals surface area contributed by atoms with E-state index >= 15 is 0 Å². The molecule has 0 radical (unpaired) electrons. The predicted octanol–water partition coefficient (Wildman–Crippen LogP) is 6.32.